The Hall–Kier alpha value is -3.06. The molecular weight excluding hydrogens is 574 g/mol. The van der Waals surface area contributed by atoms with Gasteiger partial charge in [0, 0.05) is 47.0 Å². The molecule has 0 aromatic rings. The summed E-state index contributed by atoms with van der Waals surface area (Å²) in [6.45, 7) is 24.8. The molecular formula is C28H35Fe2NO7. The van der Waals surface area contributed by atoms with Crippen LogP contribution in [0.3, 0.4) is 0 Å². The Morgan fingerprint density at radius 1 is 0.553 bits per heavy atom. The second-order valence-corrected chi connectivity index (χ2v) is 4.59. The van der Waals surface area contributed by atoms with Crippen molar-refractivity contribution in [3.63, 3.8) is 0 Å². The molecule has 0 amide bonds. The topological polar surface area (TPSA) is 155 Å². The van der Waals surface area contributed by atoms with Crippen LogP contribution in [-0.2, 0) is 67.1 Å². The van der Waals surface area contributed by atoms with Crippen LogP contribution in [0.1, 0.15) is 53.4 Å². The molecule has 0 aromatic carbocycles. The van der Waals surface area contributed by atoms with Crippen LogP contribution in [-0.4, -0.2) is 18.9 Å². The zero-order valence-corrected chi connectivity index (χ0v) is 24.2. The van der Waals surface area contributed by atoms with Crippen LogP contribution >= 0.6 is 0 Å². The van der Waals surface area contributed by atoms with E-state index in [9.17, 15) is 4.79 Å². The van der Waals surface area contributed by atoms with E-state index in [2.05, 4.69) is 32.7 Å². The van der Waals surface area contributed by atoms with Crippen LogP contribution in [0.5, 0.6) is 0 Å². The maximum Gasteiger partial charge on any atom is 0 e. The van der Waals surface area contributed by atoms with E-state index in [-0.39, 0.29) is 34.1 Å². The zero-order chi connectivity index (χ0) is 30.1. The quantitative estimate of drug-likeness (QED) is 0.0799. The van der Waals surface area contributed by atoms with Gasteiger partial charge in [0.2, 0.25) is 0 Å². The average molecular weight is 609 g/mol. The molecule has 0 bridgehead atoms. The van der Waals surface area contributed by atoms with Gasteiger partial charge in [-0.15, -0.1) is 0 Å². The summed E-state index contributed by atoms with van der Waals surface area (Å²) in [6, 6.07) is 2.08. The van der Waals surface area contributed by atoms with E-state index >= 15 is 0 Å². The fraction of sp³-hybridized carbons (Fsp3) is 0.286. The molecule has 0 aromatic heterocycles. The van der Waals surface area contributed by atoms with Crippen molar-refractivity contribution < 1.29 is 67.1 Å². The molecule has 0 saturated heterocycles. The number of nitriles is 1. The molecule has 0 aliphatic heterocycles. The Bertz CT molecular complexity index is 678. The summed E-state index contributed by atoms with van der Waals surface area (Å²) in [5, 5.41) is 8.19. The molecule has 0 fully saturated rings. The summed E-state index contributed by atoms with van der Waals surface area (Å²) in [5.74, 6) is 0. The fourth-order valence-electron chi connectivity index (χ4n) is 1.14. The number of allylic oxidation sites excluding steroid dienone is 12. The van der Waals surface area contributed by atoms with E-state index in [0.717, 1.165) is 31.7 Å². The van der Waals surface area contributed by atoms with Gasteiger partial charge in [0.25, 0.3) is 0 Å². The van der Waals surface area contributed by atoms with Gasteiger partial charge >= 0.3 is 45.2 Å². The number of nitrogens with zero attached hydrogens (tertiary/aromatic N) is 1. The number of carbonyl (C=O) groups excluding carboxylic acids is 3. The van der Waals surface area contributed by atoms with E-state index < -0.39 is 0 Å². The number of hydrogen-bond acceptors (Lipinski definition) is 4. The third-order valence-electron chi connectivity index (χ3n) is 2.20. The Labute approximate surface area is 249 Å². The maximum atomic E-state index is 9.88. The van der Waals surface area contributed by atoms with Crippen molar-refractivity contribution in [2.45, 2.75) is 53.4 Å². The van der Waals surface area contributed by atoms with Crippen molar-refractivity contribution in [1.29, 1.82) is 5.26 Å². The van der Waals surface area contributed by atoms with Crippen molar-refractivity contribution >= 4 is 18.9 Å². The molecule has 0 rings (SSSR count). The minimum Gasteiger partial charge on any atom is 0 e. The van der Waals surface area contributed by atoms with Crippen LogP contribution in [0.15, 0.2) is 72.9 Å². The Morgan fingerprint density at radius 2 is 0.842 bits per heavy atom. The van der Waals surface area contributed by atoms with Crippen LogP contribution in [0.4, 0.5) is 0 Å². The molecule has 0 radical (unpaired) electrons. The molecule has 0 N–H and O–H groups in total. The summed E-state index contributed by atoms with van der Waals surface area (Å²) < 4.78 is 30.0. The van der Waals surface area contributed by atoms with Gasteiger partial charge in [0.05, 0.1) is 6.07 Å². The SMILES string of the molecule is C/C=C/C=C/C=C\CCC#N.C/C=C/C=C/C=C\CCC=O.CC=O.CC=O.[C-]#[O+].[C-]#[O+].[C-]#[O+].[C-]#[O+].[Fe].[Fe]. The number of rotatable bonds is 9. The van der Waals surface area contributed by atoms with Crippen molar-refractivity contribution in [1.82, 2.24) is 0 Å². The minimum absolute atomic E-state index is 0. The molecule has 0 heterocycles. The fourth-order valence-corrected chi connectivity index (χ4v) is 1.14. The standard InChI is InChI=1S/C10H13N.C10H14O.2C2H4O.4CO.2Fe/c2*1-2-3-4-5-6-7-8-9-10-11;2*1-2-3;4*1-2;;/h2-7H,8-9H2,1H3;2-7,10H,8-9H2,1H3;2*2H,1H3;;;;;;/b2*3-2+,5-4+,7-6-;;;;;;;;. The first kappa shape index (κ1) is 64.7. The monoisotopic (exact) mass is 609 g/mol. The minimum atomic E-state index is 0. The van der Waals surface area contributed by atoms with Crippen molar-refractivity contribution in [3.8, 4) is 6.07 Å². The Balaban J connectivity index is -0.0000000338. The largest absolute Gasteiger partial charge is 0 e. The maximum absolute atomic E-state index is 9.88. The summed E-state index contributed by atoms with van der Waals surface area (Å²) in [6.07, 6.45) is 28.9. The predicted molar refractivity (Wildman–Crippen MR) is 136 cm³/mol. The van der Waals surface area contributed by atoms with E-state index in [4.69, 9.17) is 33.5 Å². The summed E-state index contributed by atoms with van der Waals surface area (Å²) in [5.41, 5.74) is 0. The first-order valence-electron chi connectivity index (χ1n) is 9.97. The van der Waals surface area contributed by atoms with Crippen molar-refractivity contribution in [2.75, 3.05) is 0 Å². The van der Waals surface area contributed by atoms with Crippen LogP contribution < -0.4 is 0 Å². The van der Waals surface area contributed by atoms with E-state index in [1.807, 2.05) is 86.8 Å². The van der Waals surface area contributed by atoms with Gasteiger partial charge in [-0.1, -0.05) is 72.9 Å². The van der Waals surface area contributed by atoms with Gasteiger partial charge in [-0.3, -0.25) is 0 Å². The van der Waals surface area contributed by atoms with Crippen LogP contribution in [0.25, 0.3) is 0 Å². The van der Waals surface area contributed by atoms with Gasteiger partial charge in [0.15, 0.2) is 0 Å². The molecule has 0 saturated carbocycles. The second-order valence-electron chi connectivity index (χ2n) is 4.59. The first-order valence-corrected chi connectivity index (χ1v) is 9.97. The van der Waals surface area contributed by atoms with Gasteiger partial charge in [0.1, 0.15) is 18.9 Å². The van der Waals surface area contributed by atoms with Gasteiger partial charge in [-0.2, -0.15) is 5.26 Å². The number of unbranched alkanes of at least 4 members (excludes halogenated alkanes) is 2. The van der Waals surface area contributed by atoms with Gasteiger partial charge in [-0.25, -0.2) is 0 Å². The Morgan fingerprint density at radius 3 is 1.11 bits per heavy atom. The molecule has 38 heavy (non-hydrogen) atoms. The third kappa shape index (κ3) is 201. The molecule has 10 heteroatoms. The molecule has 0 atom stereocenters. The van der Waals surface area contributed by atoms with Gasteiger partial charge < -0.3 is 14.4 Å². The van der Waals surface area contributed by atoms with E-state index in [1.54, 1.807) is 0 Å². The summed E-state index contributed by atoms with van der Waals surface area (Å²) in [4.78, 5) is 27.5. The number of aldehydes is 3. The summed E-state index contributed by atoms with van der Waals surface area (Å²) >= 11 is 0. The molecule has 8 nitrogen and oxygen atoms in total. The smallest absolute Gasteiger partial charge is 0 e. The third-order valence-corrected chi connectivity index (χ3v) is 2.20. The summed E-state index contributed by atoms with van der Waals surface area (Å²) in [7, 11) is 0. The van der Waals surface area contributed by atoms with Gasteiger partial charge in [-0.05, 0) is 40.5 Å². The molecule has 0 aliphatic rings. The molecule has 0 aliphatic carbocycles. The van der Waals surface area contributed by atoms with Crippen LogP contribution in [0.2, 0.25) is 0 Å². The van der Waals surface area contributed by atoms with Crippen LogP contribution in [0, 0.1) is 37.9 Å². The normalized spacial score (nSPS) is 7.76. The first-order chi connectivity index (χ1) is 17.7. The zero-order valence-electron chi connectivity index (χ0n) is 22.0. The number of carbonyl (C=O) groups is 3. The second kappa shape index (κ2) is 128. The Kier molecular flexibility index (Phi) is 219. The van der Waals surface area contributed by atoms with Crippen molar-refractivity contribution in [3.05, 3.63) is 99.5 Å². The van der Waals surface area contributed by atoms with Crippen molar-refractivity contribution in [2.24, 2.45) is 0 Å². The molecule has 210 valence electrons. The number of hydrogen-bond donors (Lipinski definition) is 0. The van der Waals surface area contributed by atoms with E-state index in [0.29, 0.717) is 12.8 Å². The van der Waals surface area contributed by atoms with E-state index in [1.165, 1.54) is 13.8 Å². The average Bonchev–Trinajstić information content (AvgIpc) is 2.94. The molecule has 0 unspecified atom stereocenters. The predicted octanol–water partition coefficient (Wildman–Crippen LogP) is 5.89. The molecule has 0 spiro atoms.